The quantitative estimate of drug-likeness (QED) is 0.584. The van der Waals surface area contributed by atoms with Crippen molar-refractivity contribution >= 4 is 11.0 Å². The van der Waals surface area contributed by atoms with Crippen LogP contribution in [0, 0.1) is 11.6 Å². The van der Waals surface area contributed by atoms with Crippen molar-refractivity contribution in [1.29, 1.82) is 0 Å². The third-order valence-electron chi connectivity index (χ3n) is 1.67. The summed E-state index contributed by atoms with van der Waals surface area (Å²) >= 11 is 0. The molecular formula is C9H4F2O2. The first-order chi connectivity index (χ1) is 6.18. The number of fused-ring (bicyclic) bond motifs is 1. The van der Waals surface area contributed by atoms with Gasteiger partial charge in [-0.25, -0.2) is 13.6 Å². The summed E-state index contributed by atoms with van der Waals surface area (Å²) in [6, 6.07) is 4.48. The second kappa shape index (κ2) is 2.65. The van der Waals surface area contributed by atoms with E-state index in [4.69, 9.17) is 0 Å². The summed E-state index contributed by atoms with van der Waals surface area (Å²) in [6.07, 6.45) is 0. The zero-order valence-electron chi connectivity index (χ0n) is 6.38. The van der Waals surface area contributed by atoms with Gasteiger partial charge in [0.15, 0.2) is 11.4 Å². The van der Waals surface area contributed by atoms with Gasteiger partial charge in [0.2, 0.25) is 0 Å². The SMILES string of the molecule is O=c1cc(F)c2cccc(F)c2o1. The van der Waals surface area contributed by atoms with Crippen LogP contribution in [0.3, 0.4) is 0 Å². The Morgan fingerprint density at radius 2 is 1.92 bits per heavy atom. The third kappa shape index (κ3) is 1.20. The van der Waals surface area contributed by atoms with Crippen LogP contribution in [0.5, 0.6) is 0 Å². The summed E-state index contributed by atoms with van der Waals surface area (Å²) in [4.78, 5) is 10.7. The van der Waals surface area contributed by atoms with Crippen molar-refractivity contribution < 1.29 is 13.2 Å². The average Bonchev–Trinajstić information content (AvgIpc) is 2.07. The molecule has 4 heteroatoms. The molecule has 0 amide bonds. The second-order valence-corrected chi connectivity index (χ2v) is 2.53. The fourth-order valence-electron chi connectivity index (χ4n) is 1.11. The number of halogens is 2. The van der Waals surface area contributed by atoms with Crippen LogP contribution in [-0.4, -0.2) is 0 Å². The van der Waals surface area contributed by atoms with E-state index in [0.717, 1.165) is 6.07 Å². The lowest BCUT2D eigenvalue weighted by molar-refractivity contribution is 0.509. The van der Waals surface area contributed by atoms with Crippen LogP contribution in [-0.2, 0) is 0 Å². The molecule has 0 unspecified atom stereocenters. The van der Waals surface area contributed by atoms with Crippen LogP contribution in [0.1, 0.15) is 0 Å². The Morgan fingerprint density at radius 3 is 2.69 bits per heavy atom. The van der Waals surface area contributed by atoms with Crippen molar-refractivity contribution in [2.75, 3.05) is 0 Å². The Hall–Kier alpha value is -1.71. The van der Waals surface area contributed by atoms with Crippen LogP contribution in [0.25, 0.3) is 11.0 Å². The van der Waals surface area contributed by atoms with Crippen LogP contribution in [0.4, 0.5) is 8.78 Å². The molecule has 66 valence electrons. The highest BCUT2D eigenvalue weighted by molar-refractivity contribution is 5.77. The molecule has 0 spiro atoms. The summed E-state index contributed by atoms with van der Waals surface area (Å²) in [6.45, 7) is 0. The van der Waals surface area contributed by atoms with Gasteiger partial charge in [-0.3, -0.25) is 0 Å². The molecule has 2 aromatic rings. The van der Waals surface area contributed by atoms with E-state index in [1.165, 1.54) is 12.1 Å². The number of para-hydroxylation sites is 1. The van der Waals surface area contributed by atoms with E-state index < -0.39 is 17.3 Å². The van der Waals surface area contributed by atoms with Crippen molar-refractivity contribution in [3.63, 3.8) is 0 Å². The summed E-state index contributed by atoms with van der Waals surface area (Å²) in [5.41, 5.74) is -1.23. The Balaban J connectivity index is 3.03. The van der Waals surface area contributed by atoms with Gasteiger partial charge in [-0.1, -0.05) is 6.07 Å². The smallest absolute Gasteiger partial charge is 0.339 e. The van der Waals surface area contributed by atoms with Crippen LogP contribution < -0.4 is 5.63 Å². The minimum absolute atomic E-state index is 0.0281. The van der Waals surface area contributed by atoms with Gasteiger partial charge in [-0.05, 0) is 12.1 Å². The zero-order valence-corrected chi connectivity index (χ0v) is 6.38. The van der Waals surface area contributed by atoms with Crippen molar-refractivity contribution in [3.8, 4) is 0 Å². The molecule has 2 rings (SSSR count). The van der Waals surface area contributed by atoms with Crippen molar-refractivity contribution in [2.45, 2.75) is 0 Å². The van der Waals surface area contributed by atoms with Crippen LogP contribution in [0.15, 0.2) is 33.5 Å². The standard InChI is InChI=1S/C9H4F2O2/c10-6-3-1-2-5-7(11)4-8(12)13-9(5)6/h1-4H. The first-order valence-electron chi connectivity index (χ1n) is 3.56. The second-order valence-electron chi connectivity index (χ2n) is 2.53. The Morgan fingerprint density at radius 1 is 1.15 bits per heavy atom. The molecule has 0 fully saturated rings. The molecule has 0 saturated heterocycles. The summed E-state index contributed by atoms with van der Waals surface area (Å²) in [7, 11) is 0. The van der Waals surface area contributed by atoms with Gasteiger partial charge in [0.1, 0.15) is 5.82 Å². The highest BCUT2D eigenvalue weighted by Crippen LogP contribution is 2.17. The molecule has 0 aliphatic rings. The topological polar surface area (TPSA) is 30.2 Å². The van der Waals surface area contributed by atoms with Crippen molar-refractivity contribution in [3.05, 3.63) is 46.3 Å². The first-order valence-corrected chi connectivity index (χ1v) is 3.56. The lowest BCUT2D eigenvalue weighted by Gasteiger charge is -1.97. The van der Waals surface area contributed by atoms with Gasteiger partial charge in [-0.2, -0.15) is 0 Å². The normalized spacial score (nSPS) is 10.6. The molecule has 1 heterocycles. The van der Waals surface area contributed by atoms with Gasteiger partial charge < -0.3 is 4.42 Å². The zero-order chi connectivity index (χ0) is 9.42. The maximum atomic E-state index is 13.0. The fourth-order valence-corrected chi connectivity index (χ4v) is 1.11. The minimum Gasteiger partial charge on any atom is -0.419 e. The minimum atomic E-state index is -0.893. The van der Waals surface area contributed by atoms with E-state index in [1.54, 1.807) is 0 Å². The maximum Gasteiger partial charge on any atom is 0.339 e. The summed E-state index contributed by atoms with van der Waals surface area (Å²) in [5, 5.41) is -0.0281. The van der Waals surface area contributed by atoms with Crippen LogP contribution >= 0.6 is 0 Å². The van der Waals surface area contributed by atoms with E-state index in [0.29, 0.717) is 6.07 Å². The molecule has 0 bridgehead atoms. The third-order valence-corrected chi connectivity index (χ3v) is 1.67. The lowest BCUT2D eigenvalue weighted by atomic mass is 10.2. The predicted octanol–water partition coefficient (Wildman–Crippen LogP) is 2.07. The Bertz CT molecular complexity index is 516. The molecule has 0 aliphatic heterocycles. The molecule has 0 aliphatic carbocycles. The summed E-state index contributed by atoms with van der Waals surface area (Å²) in [5.74, 6) is -1.51. The molecule has 0 radical (unpaired) electrons. The van der Waals surface area contributed by atoms with Crippen molar-refractivity contribution in [2.24, 2.45) is 0 Å². The van der Waals surface area contributed by atoms with Gasteiger partial charge in [0, 0.05) is 0 Å². The highest BCUT2D eigenvalue weighted by Gasteiger charge is 2.07. The van der Waals surface area contributed by atoms with Gasteiger partial charge >= 0.3 is 5.63 Å². The number of benzene rings is 1. The van der Waals surface area contributed by atoms with Gasteiger partial charge in [-0.15, -0.1) is 0 Å². The molecule has 0 saturated carbocycles. The Kier molecular flexibility index (Phi) is 1.62. The monoisotopic (exact) mass is 182 g/mol. The van der Waals surface area contributed by atoms with Gasteiger partial charge in [0.05, 0.1) is 11.5 Å². The molecule has 13 heavy (non-hydrogen) atoms. The molecule has 1 aromatic carbocycles. The molecule has 0 N–H and O–H groups in total. The van der Waals surface area contributed by atoms with E-state index in [2.05, 4.69) is 4.42 Å². The fraction of sp³-hybridized carbons (Fsp3) is 0. The Labute approximate surface area is 71.4 Å². The summed E-state index contributed by atoms with van der Waals surface area (Å²) < 4.78 is 30.4. The van der Waals surface area contributed by atoms with E-state index in [-0.39, 0.29) is 11.0 Å². The molecule has 1 aromatic heterocycles. The van der Waals surface area contributed by atoms with E-state index in [9.17, 15) is 13.6 Å². The number of hydrogen-bond acceptors (Lipinski definition) is 2. The number of rotatable bonds is 0. The van der Waals surface area contributed by atoms with E-state index >= 15 is 0 Å². The average molecular weight is 182 g/mol. The van der Waals surface area contributed by atoms with Gasteiger partial charge in [0.25, 0.3) is 0 Å². The predicted molar refractivity (Wildman–Crippen MR) is 42.4 cm³/mol. The molecular weight excluding hydrogens is 178 g/mol. The highest BCUT2D eigenvalue weighted by atomic mass is 19.1. The number of hydrogen-bond donors (Lipinski definition) is 0. The van der Waals surface area contributed by atoms with Crippen LogP contribution in [0.2, 0.25) is 0 Å². The lowest BCUT2D eigenvalue weighted by Crippen LogP contribution is -1.99. The van der Waals surface area contributed by atoms with Crippen molar-refractivity contribution in [1.82, 2.24) is 0 Å². The largest absolute Gasteiger partial charge is 0.419 e. The maximum absolute atomic E-state index is 13.0. The molecule has 0 atom stereocenters. The first kappa shape index (κ1) is 7.91. The van der Waals surface area contributed by atoms with E-state index in [1.807, 2.05) is 0 Å². The molecule has 2 nitrogen and oxygen atoms in total.